The minimum atomic E-state index is 0.198. The van der Waals surface area contributed by atoms with Crippen molar-refractivity contribution in [3.05, 3.63) is 0 Å². The number of thioether (sulfide) groups is 1. The molecule has 15 heavy (non-hydrogen) atoms. The Morgan fingerprint density at radius 3 is 2.73 bits per heavy atom. The van der Waals surface area contributed by atoms with E-state index in [0.29, 0.717) is 11.8 Å². The monoisotopic (exact) mass is 230 g/mol. The number of hydrogen-bond acceptors (Lipinski definition) is 3. The SMILES string of the molecule is CSCCC(=O)NCC1(C)CCNCC1. The first-order chi connectivity index (χ1) is 7.16. The van der Waals surface area contributed by atoms with Crippen molar-refractivity contribution >= 4 is 17.7 Å². The Kier molecular flexibility index (Phi) is 5.47. The number of nitrogens with one attached hydrogen (secondary N) is 2. The summed E-state index contributed by atoms with van der Waals surface area (Å²) in [6, 6.07) is 0. The first kappa shape index (κ1) is 12.8. The van der Waals surface area contributed by atoms with Crippen LogP contribution in [0.4, 0.5) is 0 Å². The van der Waals surface area contributed by atoms with Crippen LogP contribution in [-0.2, 0) is 4.79 Å². The fraction of sp³-hybridized carbons (Fsp3) is 0.909. The van der Waals surface area contributed by atoms with Crippen molar-refractivity contribution < 1.29 is 4.79 Å². The number of carbonyl (C=O) groups is 1. The van der Waals surface area contributed by atoms with Gasteiger partial charge in [-0.05, 0) is 37.6 Å². The summed E-state index contributed by atoms with van der Waals surface area (Å²) in [4.78, 5) is 11.4. The van der Waals surface area contributed by atoms with E-state index >= 15 is 0 Å². The van der Waals surface area contributed by atoms with Crippen LogP contribution in [0.5, 0.6) is 0 Å². The molecule has 0 aromatic heterocycles. The normalized spacial score (nSPS) is 19.9. The molecule has 1 rings (SSSR count). The molecule has 4 heteroatoms. The molecule has 0 aromatic rings. The van der Waals surface area contributed by atoms with Crippen LogP contribution in [0.25, 0.3) is 0 Å². The zero-order valence-corrected chi connectivity index (χ0v) is 10.6. The minimum absolute atomic E-state index is 0.198. The van der Waals surface area contributed by atoms with Gasteiger partial charge in [0, 0.05) is 18.7 Å². The van der Waals surface area contributed by atoms with Crippen LogP contribution in [0, 0.1) is 5.41 Å². The first-order valence-electron chi connectivity index (χ1n) is 5.63. The number of amides is 1. The summed E-state index contributed by atoms with van der Waals surface area (Å²) in [6.45, 7) is 5.26. The van der Waals surface area contributed by atoms with Gasteiger partial charge in [0.25, 0.3) is 0 Å². The molecular weight excluding hydrogens is 208 g/mol. The number of piperidine rings is 1. The fourth-order valence-corrected chi connectivity index (χ4v) is 2.19. The predicted molar refractivity (Wildman–Crippen MR) is 66.2 cm³/mol. The number of carbonyl (C=O) groups excluding carboxylic acids is 1. The Bertz CT molecular complexity index is 203. The minimum Gasteiger partial charge on any atom is -0.356 e. The van der Waals surface area contributed by atoms with E-state index in [9.17, 15) is 4.79 Å². The van der Waals surface area contributed by atoms with Crippen LogP contribution in [-0.4, -0.2) is 37.6 Å². The molecule has 0 aromatic carbocycles. The molecule has 2 N–H and O–H groups in total. The average Bonchev–Trinajstić information content (AvgIpc) is 2.25. The number of rotatable bonds is 5. The van der Waals surface area contributed by atoms with Crippen molar-refractivity contribution in [3.63, 3.8) is 0 Å². The highest BCUT2D eigenvalue weighted by molar-refractivity contribution is 7.98. The molecule has 0 unspecified atom stereocenters. The van der Waals surface area contributed by atoms with Crippen molar-refractivity contribution in [2.24, 2.45) is 5.41 Å². The van der Waals surface area contributed by atoms with Gasteiger partial charge in [-0.3, -0.25) is 4.79 Å². The van der Waals surface area contributed by atoms with Gasteiger partial charge in [0.1, 0.15) is 0 Å². The van der Waals surface area contributed by atoms with E-state index in [-0.39, 0.29) is 5.91 Å². The molecule has 1 aliphatic heterocycles. The number of hydrogen-bond donors (Lipinski definition) is 2. The van der Waals surface area contributed by atoms with Gasteiger partial charge in [0.05, 0.1) is 0 Å². The molecule has 1 aliphatic rings. The Labute approximate surface area is 96.8 Å². The molecule has 0 aliphatic carbocycles. The second-order valence-corrected chi connectivity index (χ2v) is 5.57. The van der Waals surface area contributed by atoms with Crippen LogP contribution in [0.15, 0.2) is 0 Å². The summed E-state index contributed by atoms with van der Waals surface area (Å²) in [6.07, 6.45) is 5.00. The summed E-state index contributed by atoms with van der Waals surface area (Å²) >= 11 is 1.72. The molecule has 0 radical (unpaired) electrons. The van der Waals surface area contributed by atoms with E-state index in [4.69, 9.17) is 0 Å². The molecule has 0 saturated carbocycles. The van der Waals surface area contributed by atoms with Crippen LogP contribution >= 0.6 is 11.8 Å². The summed E-state index contributed by atoms with van der Waals surface area (Å²) in [5, 5.41) is 6.39. The van der Waals surface area contributed by atoms with Gasteiger partial charge in [-0.25, -0.2) is 0 Å². The van der Waals surface area contributed by atoms with E-state index in [1.807, 2.05) is 6.26 Å². The predicted octanol–water partition coefficient (Wildman–Crippen LogP) is 1.25. The lowest BCUT2D eigenvalue weighted by Gasteiger charge is -2.34. The summed E-state index contributed by atoms with van der Waals surface area (Å²) in [5.74, 6) is 1.12. The smallest absolute Gasteiger partial charge is 0.220 e. The summed E-state index contributed by atoms with van der Waals surface area (Å²) in [7, 11) is 0. The largest absolute Gasteiger partial charge is 0.356 e. The summed E-state index contributed by atoms with van der Waals surface area (Å²) in [5.41, 5.74) is 0.306. The third-order valence-electron chi connectivity index (χ3n) is 3.06. The van der Waals surface area contributed by atoms with Gasteiger partial charge in [-0.1, -0.05) is 6.92 Å². The molecule has 88 valence electrons. The Morgan fingerprint density at radius 1 is 1.47 bits per heavy atom. The molecule has 1 amide bonds. The van der Waals surface area contributed by atoms with Crippen LogP contribution < -0.4 is 10.6 Å². The molecule has 0 atom stereocenters. The molecular formula is C11H22N2OS. The maximum atomic E-state index is 11.4. The van der Waals surface area contributed by atoms with E-state index in [1.165, 1.54) is 0 Å². The van der Waals surface area contributed by atoms with Crippen LogP contribution in [0.1, 0.15) is 26.2 Å². The fourth-order valence-electron chi connectivity index (χ4n) is 1.80. The van der Waals surface area contributed by atoms with Crippen molar-refractivity contribution in [1.29, 1.82) is 0 Å². The second kappa shape index (κ2) is 6.38. The van der Waals surface area contributed by atoms with E-state index in [0.717, 1.165) is 38.2 Å². The van der Waals surface area contributed by atoms with Gasteiger partial charge in [0.15, 0.2) is 0 Å². The molecule has 0 bridgehead atoms. The zero-order valence-electron chi connectivity index (χ0n) is 9.77. The van der Waals surface area contributed by atoms with E-state index in [2.05, 4.69) is 17.6 Å². The van der Waals surface area contributed by atoms with E-state index in [1.54, 1.807) is 11.8 Å². The van der Waals surface area contributed by atoms with Gasteiger partial charge in [0.2, 0.25) is 5.91 Å². The topological polar surface area (TPSA) is 41.1 Å². The van der Waals surface area contributed by atoms with Gasteiger partial charge < -0.3 is 10.6 Å². The van der Waals surface area contributed by atoms with E-state index < -0.39 is 0 Å². The lowest BCUT2D eigenvalue weighted by atomic mass is 9.81. The molecule has 1 saturated heterocycles. The third-order valence-corrected chi connectivity index (χ3v) is 3.67. The van der Waals surface area contributed by atoms with Gasteiger partial charge in [-0.2, -0.15) is 11.8 Å². The average molecular weight is 230 g/mol. The van der Waals surface area contributed by atoms with Crippen LogP contribution in [0.3, 0.4) is 0 Å². The standard InChI is InChI=1S/C11H22N2OS/c1-11(4-6-12-7-5-11)9-13-10(14)3-8-15-2/h12H,3-9H2,1-2H3,(H,13,14). The lowest BCUT2D eigenvalue weighted by molar-refractivity contribution is -0.121. The summed E-state index contributed by atoms with van der Waals surface area (Å²) < 4.78 is 0. The maximum absolute atomic E-state index is 11.4. The quantitative estimate of drug-likeness (QED) is 0.747. The Balaban J connectivity index is 2.19. The van der Waals surface area contributed by atoms with Crippen molar-refractivity contribution in [2.45, 2.75) is 26.2 Å². The Hall–Kier alpha value is -0.220. The highest BCUT2D eigenvalue weighted by Crippen LogP contribution is 2.26. The van der Waals surface area contributed by atoms with Gasteiger partial charge >= 0.3 is 0 Å². The Morgan fingerprint density at radius 2 is 2.13 bits per heavy atom. The van der Waals surface area contributed by atoms with Crippen molar-refractivity contribution in [2.75, 3.05) is 31.6 Å². The molecule has 0 spiro atoms. The molecule has 1 heterocycles. The van der Waals surface area contributed by atoms with Gasteiger partial charge in [-0.15, -0.1) is 0 Å². The highest BCUT2D eigenvalue weighted by atomic mass is 32.2. The second-order valence-electron chi connectivity index (χ2n) is 4.58. The highest BCUT2D eigenvalue weighted by Gasteiger charge is 2.26. The van der Waals surface area contributed by atoms with Crippen LogP contribution in [0.2, 0.25) is 0 Å². The third kappa shape index (κ3) is 4.89. The lowest BCUT2D eigenvalue weighted by Crippen LogP contribution is -2.42. The zero-order chi connectivity index (χ0) is 11.1. The molecule has 1 fully saturated rings. The van der Waals surface area contributed by atoms with Crippen molar-refractivity contribution in [1.82, 2.24) is 10.6 Å². The maximum Gasteiger partial charge on any atom is 0.220 e. The van der Waals surface area contributed by atoms with Crippen molar-refractivity contribution in [3.8, 4) is 0 Å². The molecule has 3 nitrogen and oxygen atoms in total. The first-order valence-corrected chi connectivity index (χ1v) is 7.02.